The van der Waals surface area contributed by atoms with Crippen molar-refractivity contribution in [3.05, 3.63) is 106 Å². The lowest BCUT2D eigenvalue weighted by molar-refractivity contribution is -0.182. The SMILES string of the molecule is COC1=CC(=O)O[C@]2(/C=C/c3ccc(OC)cc3)[C@H]1[C@@H](c1ccc(OC)cc1)[C@@H]2c1cc(OC)cc(=O)o1.ClC(Cl)Cl. The Hall–Kier alpha value is -3.59. The van der Waals surface area contributed by atoms with E-state index in [1.807, 2.05) is 60.7 Å². The number of benzene rings is 2. The van der Waals surface area contributed by atoms with Gasteiger partial charge < -0.3 is 28.1 Å². The van der Waals surface area contributed by atoms with Crippen LogP contribution in [0.25, 0.3) is 6.08 Å². The highest BCUT2D eigenvalue weighted by molar-refractivity contribution is 6.63. The Labute approximate surface area is 258 Å². The fraction of sp³-hybridized carbons (Fsp3) is 0.290. The van der Waals surface area contributed by atoms with E-state index in [0.29, 0.717) is 23.0 Å². The van der Waals surface area contributed by atoms with Gasteiger partial charge in [-0.25, -0.2) is 9.59 Å². The van der Waals surface area contributed by atoms with Crippen LogP contribution in [-0.4, -0.2) is 44.3 Å². The lowest BCUT2D eigenvalue weighted by Crippen LogP contribution is -2.63. The molecular formula is C31H29Cl3O8. The van der Waals surface area contributed by atoms with Gasteiger partial charge in [0.15, 0.2) is 9.90 Å². The molecule has 1 aromatic heterocycles. The first-order chi connectivity index (χ1) is 20.1. The van der Waals surface area contributed by atoms with E-state index in [-0.39, 0.29) is 11.8 Å². The van der Waals surface area contributed by atoms with Crippen molar-refractivity contribution in [1.82, 2.24) is 0 Å². The monoisotopic (exact) mass is 634 g/mol. The zero-order valence-electron chi connectivity index (χ0n) is 23.2. The van der Waals surface area contributed by atoms with E-state index in [4.69, 9.17) is 62.9 Å². The van der Waals surface area contributed by atoms with Crippen LogP contribution in [0.15, 0.2) is 87.8 Å². The van der Waals surface area contributed by atoms with Crippen LogP contribution in [0.4, 0.5) is 0 Å². The molecule has 0 N–H and O–H groups in total. The number of hydrogen-bond acceptors (Lipinski definition) is 8. The molecule has 1 aliphatic heterocycles. The van der Waals surface area contributed by atoms with Crippen LogP contribution < -0.4 is 19.8 Å². The fourth-order valence-electron chi connectivity index (χ4n) is 5.49. The van der Waals surface area contributed by atoms with Gasteiger partial charge in [0.1, 0.15) is 28.8 Å². The van der Waals surface area contributed by atoms with Crippen molar-refractivity contribution in [2.75, 3.05) is 28.4 Å². The van der Waals surface area contributed by atoms with E-state index >= 15 is 0 Å². The maximum atomic E-state index is 12.9. The Bertz CT molecular complexity index is 1500. The molecule has 2 aliphatic rings. The normalized spacial score (nSPS) is 22.6. The molecule has 0 amide bonds. The summed E-state index contributed by atoms with van der Waals surface area (Å²) < 4.78 is 32.8. The standard InChI is InChI=1S/C30H28O8.CHCl3/c1-33-20-9-5-18(6-10-20)13-14-30-28(23(36-4)17-26(32)38-30)27(19-7-11-21(34-2)12-8-19)29(30)24-15-22(35-3)16-25(31)37-24;2-1(3)4/h5-17,27-29H,1-4H3;1H/b14-13+;/t27-,28-,29+,30-;/m1./s1. The predicted octanol–water partition coefficient (Wildman–Crippen LogP) is 6.69. The summed E-state index contributed by atoms with van der Waals surface area (Å²) in [5.41, 5.74) is 0.0716. The maximum Gasteiger partial charge on any atom is 0.339 e. The second-order valence-corrected chi connectivity index (χ2v) is 11.3. The van der Waals surface area contributed by atoms with Crippen molar-refractivity contribution >= 4 is 46.8 Å². The zero-order chi connectivity index (χ0) is 30.4. The van der Waals surface area contributed by atoms with Crippen LogP contribution in [-0.2, 0) is 14.3 Å². The molecule has 0 bridgehead atoms. The highest BCUT2D eigenvalue weighted by atomic mass is 35.6. The first-order valence-corrected chi connectivity index (χ1v) is 14.0. The van der Waals surface area contributed by atoms with Gasteiger partial charge in [-0.15, -0.1) is 0 Å². The average Bonchev–Trinajstić information content (AvgIpc) is 2.97. The summed E-state index contributed by atoms with van der Waals surface area (Å²) in [6, 6.07) is 18.1. The molecule has 0 spiro atoms. The Morgan fingerprint density at radius 3 is 1.90 bits per heavy atom. The molecule has 8 nitrogen and oxygen atoms in total. The van der Waals surface area contributed by atoms with Crippen LogP contribution in [0.2, 0.25) is 0 Å². The Kier molecular flexibility index (Phi) is 10.1. The third-order valence-electron chi connectivity index (χ3n) is 7.23. The zero-order valence-corrected chi connectivity index (χ0v) is 25.5. The average molecular weight is 636 g/mol. The number of esters is 1. The van der Waals surface area contributed by atoms with Crippen LogP contribution in [0.1, 0.15) is 28.7 Å². The van der Waals surface area contributed by atoms with Crippen molar-refractivity contribution in [2.45, 2.75) is 21.7 Å². The van der Waals surface area contributed by atoms with Gasteiger partial charge in [-0.05, 0) is 41.5 Å². The van der Waals surface area contributed by atoms with Crippen molar-refractivity contribution in [2.24, 2.45) is 5.92 Å². The van der Waals surface area contributed by atoms with Gasteiger partial charge in [0.2, 0.25) is 0 Å². The summed E-state index contributed by atoms with van der Waals surface area (Å²) in [5.74, 6) is 0.894. The molecule has 0 saturated heterocycles. The molecule has 11 heteroatoms. The quantitative estimate of drug-likeness (QED) is 0.200. The molecule has 4 atom stereocenters. The third kappa shape index (κ3) is 6.56. The Balaban J connectivity index is 0.000000952. The van der Waals surface area contributed by atoms with E-state index in [1.165, 1.54) is 26.4 Å². The summed E-state index contributed by atoms with van der Waals surface area (Å²) >= 11 is 14.4. The predicted molar refractivity (Wildman–Crippen MR) is 161 cm³/mol. The van der Waals surface area contributed by atoms with E-state index in [2.05, 4.69) is 0 Å². The van der Waals surface area contributed by atoms with Crippen molar-refractivity contribution < 1.29 is 32.9 Å². The Morgan fingerprint density at radius 1 is 0.786 bits per heavy atom. The van der Waals surface area contributed by atoms with E-state index < -0.39 is 27.4 Å². The molecule has 1 fully saturated rings. The number of halogens is 3. The van der Waals surface area contributed by atoms with E-state index in [1.54, 1.807) is 20.3 Å². The molecule has 1 aliphatic carbocycles. The van der Waals surface area contributed by atoms with Crippen LogP contribution in [0.3, 0.4) is 0 Å². The summed E-state index contributed by atoms with van der Waals surface area (Å²) in [6.45, 7) is 0. The number of rotatable bonds is 8. The van der Waals surface area contributed by atoms with Gasteiger partial charge in [-0.3, -0.25) is 0 Å². The van der Waals surface area contributed by atoms with Crippen molar-refractivity contribution in [1.29, 1.82) is 0 Å². The first kappa shape index (κ1) is 31.3. The highest BCUT2D eigenvalue weighted by Crippen LogP contribution is 2.66. The van der Waals surface area contributed by atoms with Gasteiger partial charge in [0, 0.05) is 12.0 Å². The summed E-state index contributed by atoms with van der Waals surface area (Å²) in [7, 11) is 6.23. The molecule has 2 heterocycles. The van der Waals surface area contributed by atoms with E-state index in [0.717, 1.165) is 16.9 Å². The molecule has 5 rings (SSSR count). The second kappa shape index (κ2) is 13.6. The number of carbonyl (C=O) groups is 1. The van der Waals surface area contributed by atoms with Crippen molar-refractivity contribution in [3.8, 4) is 17.2 Å². The van der Waals surface area contributed by atoms with Crippen LogP contribution in [0, 0.1) is 5.92 Å². The van der Waals surface area contributed by atoms with Gasteiger partial charge in [0.25, 0.3) is 0 Å². The Morgan fingerprint density at radius 2 is 1.36 bits per heavy atom. The van der Waals surface area contributed by atoms with E-state index in [9.17, 15) is 9.59 Å². The summed E-state index contributed by atoms with van der Waals surface area (Å²) in [6.07, 6.45) is 5.11. The van der Waals surface area contributed by atoms with Gasteiger partial charge in [-0.1, -0.05) is 65.1 Å². The van der Waals surface area contributed by atoms with Gasteiger partial charge in [-0.2, -0.15) is 0 Å². The number of carbonyl (C=O) groups excluding carboxylic acids is 1. The molecule has 3 aromatic rings. The molecular weight excluding hydrogens is 607 g/mol. The molecule has 222 valence electrons. The minimum atomic E-state index is -1.19. The molecule has 2 aromatic carbocycles. The number of alkyl halides is 3. The number of methoxy groups -OCH3 is 4. The lowest BCUT2D eigenvalue weighted by atomic mass is 9.49. The maximum absolute atomic E-state index is 12.9. The smallest absolute Gasteiger partial charge is 0.339 e. The first-order valence-electron chi connectivity index (χ1n) is 12.7. The minimum Gasteiger partial charge on any atom is -0.500 e. The molecule has 42 heavy (non-hydrogen) atoms. The summed E-state index contributed by atoms with van der Waals surface area (Å²) in [5, 5.41) is 0. The lowest BCUT2D eigenvalue weighted by Gasteiger charge is -2.59. The summed E-state index contributed by atoms with van der Waals surface area (Å²) in [4.78, 5) is 25.3. The number of fused-ring (bicyclic) bond motifs is 1. The topological polar surface area (TPSA) is 93.4 Å². The molecule has 0 unspecified atom stereocenters. The number of ether oxygens (including phenoxy) is 5. The molecule has 1 saturated carbocycles. The van der Waals surface area contributed by atoms with Crippen LogP contribution in [0.5, 0.6) is 17.2 Å². The second-order valence-electron chi connectivity index (χ2n) is 9.35. The fourth-order valence-corrected chi connectivity index (χ4v) is 5.49. The van der Waals surface area contributed by atoms with Gasteiger partial charge in [0.05, 0.1) is 52.4 Å². The van der Waals surface area contributed by atoms with Crippen molar-refractivity contribution in [3.63, 3.8) is 0 Å². The third-order valence-corrected chi connectivity index (χ3v) is 7.23. The van der Waals surface area contributed by atoms with Crippen LogP contribution >= 0.6 is 34.8 Å². The minimum absolute atomic E-state index is 0.254. The molecule has 0 radical (unpaired) electrons. The van der Waals surface area contributed by atoms with Gasteiger partial charge >= 0.3 is 11.6 Å². The largest absolute Gasteiger partial charge is 0.500 e. The highest BCUT2D eigenvalue weighted by Gasteiger charge is 2.68. The number of hydrogen-bond donors (Lipinski definition) is 0.